The molecular weight excluding hydrogens is 624 g/mol. The fourth-order valence-corrected chi connectivity index (χ4v) is 7.21. The normalized spacial score (nSPS) is 16.6. The van der Waals surface area contributed by atoms with Gasteiger partial charge in [-0.2, -0.15) is 0 Å². The predicted octanol–water partition coefficient (Wildman–Crippen LogP) is 2.62. The number of aliphatic hydroxyl groups is 1. The summed E-state index contributed by atoms with van der Waals surface area (Å²) in [6.45, 7) is 5.20. The fourth-order valence-electron chi connectivity index (χ4n) is 6.43. The highest BCUT2D eigenvalue weighted by Gasteiger charge is 2.41. The van der Waals surface area contributed by atoms with Crippen LogP contribution in [0.25, 0.3) is 22.4 Å². The molecule has 4 N–H and O–H groups in total. The number of hydrogen-bond donors (Lipinski definition) is 4. The average Bonchev–Trinajstić information content (AvgIpc) is 3.51. The number of fused-ring (bicyclic) bond motifs is 2. The summed E-state index contributed by atoms with van der Waals surface area (Å²) < 4.78 is 29.9. The van der Waals surface area contributed by atoms with Crippen LogP contribution in [0.4, 0.5) is 5.69 Å². The molecule has 0 aliphatic carbocycles. The van der Waals surface area contributed by atoms with Crippen molar-refractivity contribution in [1.29, 1.82) is 0 Å². The van der Waals surface area contributed by atoms with Gasteiger partial charge in [-0.05, 0) is 70.6 Å². The minimum atomic E-state index is -3.31. The molecular formula is C33H38N6O7S. The highest BCUT2D eigenvalue weighted by atomic mass is 32.2. The lowest BCUT2D eigenvalue weighted by Crippen LogP contribution is -2.46. The number of pyridine rings is 1. The Balaban J connectivity index is 1.19. The molecule has 1 saturated heterocycles. The number of sulfone groups is 1. The van der Waals surface area contributed by atoms with Crippen molar-refractivity contribution in [2.45, 2.75) is 44.6 Å². The number of nitrogens with zero attached hydrogens (tertiary/aromatic N) is 3. The molecule has 13 nitrogen and oxygen atoms in total. The number of carbonyl (C=O) groups excluding carboxylic acids is 2. The summed E-state index contributed by atoms with van der Waals surface area (Å²) in [7, 11) is -1.29. The number of imidazole rings is 1. The van der Waals surface area contributed by atoms with Gasteiger partial charge in [-0.1, -0.05) is 17.7 Å². The molecule has 4 aromatic rings. The van der Waals surface area contributed by atoms with Crippen molar-refractivity contribution >= 4 is 38.4 Å². The van der Waals surface area contributed by atoms with E-state index in [1.165, 1.54) is 11.1 Å². The Kier molecular flexibility index (Phi) is 8.68. The van der Waals surface area contributed by atoms with Crippen LogP contribution in [-0.2, 0) is 15.6 Å². The van der Waals surface area contributed by atoms with Crippen molar-refractivity contribution in [2.75, 3.05) is 44.9 Å². The second-order valence-corrected chi connectivity index (χ2v) is 14.7. The van der Waals surface area contributed by atoms with Gasteiger partial charge in [0.05, 0.1) is 33.6 Å². The first-order chi connectivity index (χ1) is 22.3. The number of aromatic amines is 2. The topological polar surface area (TPSA) is 178 Å². The molecule has 14 heteroatoms. The lowest BCUT2D eigenvalue weighted by Gasteiger charge is -2.33. The minimum absolute atomic E-state index is 0.00704. The standard InChI is InChI=1S/C33H38N6O7S/c1-18-11-19(2)29(20(12-18)17-47(4,44)45)46-16-22(40)15-35-25-5-8-34-31(41)28(25)30-36-26-13-23-24(14-27(26)37-30)33(43)39(32(23)42)21-6-9-38(3)10-7-21/h5,8,11-14,21-22,40H,6-7,9-10,15-17H2,1-4H3,(H,36,37)(H2,34,35,41)/t22-/m1/s1. The quantitative estimate of drug-likeness (QED) is 0.185. The number of hydrogen-bond acceptors (Lipinski definition) is 10. The molecule has 1 atom stereocenters. The van der Waals surface area contributed by atoms with Crippen molar-refractivity contribution in [1.82, 2.24) is 24.8 Å². The largest absolute Gasteiger partial charge is 0.490 e. The van der Waals surface area contributed by atoms with Gasteiger partial charge in [0.25, 0.3) is 17.4 Å². The number of aliphatic hydroxyl groups excluding tert-OH is 1. The molecule has 47 heavy (non-hydrogen) atoms. The molecule has 2 aliphatic rings. The number of rotatable bonds is 10. The summed E-state index contributed by atoms with van der Waals surface area (Å²) in [4.78, 5) is 53.7. The predicted molar refractivity (Wildman–Crippen MR) is 178 cm³/mol. The number of amides is 2. The van der Waals surface area contributed by atoms with E-state index < -0.39 is 21.5 Å². The molecule has 248 valence electrons. The lowest BCUT2D eigenvalue weighted by molar-refractivity contribution is 0.0516. The van der Waals surface area contributed by atoms with Gasteiger partial charge in [0, 0.05) is 30.6 Å². The average molecular weight is 663 g/mol. The molecule has 4 heterocycles. The minimum Gasteiger partial charge on any atom is -0.490 e. The van der Waals surface area contributed by atoms with Gasteiger partial charge in [0.15, 0.2) is 9.84 Å². The first-order valence-electron chi connectivity index (χ1n) is 15.4. The number of aryl methyl sites for hydroxylation is 2. The van der Waals surface area contributed by atoms with Crippen LogP contribution in [0.5, 0.6) is 5.75 Å². The summed E-state index contributed by atoms with van der Waals surface area (Å²) in [6.07, 6.45) is 3.06. The van der Waals surface area contributed by atoms with Gasteiger partial charge in [-0.15, -0.1) is 0 Å². The van der Waals surface area contributed by atoms with E-state index in [0.29, 0.717) is 39.2 Å². The molecule has 0 radical (unpaired) electrons. The molecule has 1 fully saturated rings. The number of aromatic nitrogens is 3. The van der Waals surface area contributed by atoms with Gasteiger partial charge >= 0.3 is 0 Å². The van der Waals surface area contributed by atoms with Crippen LogP contribution in [-0.4, -0.2) is 102 Å². The van der Waals surface area contributed by atoms with E-state index in [9.17, 15) is 27.9 Å². The molecule has 0 saturated carbocycles. The maximum Gasteiger partial charge on any atom is 0.261 e. The lowest BCUT2D eigenvalue weighted by atomic mass is 10.0. The Labute approximate surface area is 271 Å². The number of H-pyrrole nitrogens is 2. The maximum atomic E-state index is 13.4. The van der Waals surface area contributed by atoms with Gasteiger partial charge in [-0.3, -0.25) is 19.3 Å². The molecule has 0 spiro atoms. The highest BCUT2D eigenvalue weighted by molar-refractivity contribution is 7.89. The van der Waals surface area contributed by atoms with Gasteiger partial charge in [0.1, 0.15) is 29.8 Å². The molecule has 6 rings (SSSR count). The van der Waals surface area contributed by atoms with Gasteiger partial charge in [-0.25, -0.2) is 13.4 Å². The fraction of sp³-hybridized carbons (Fsp3) is 0.394. The number of anilines is 1. The van der Waals surface area contributed by atoms with E-state index in [0.717, 1.165) is 43.3 Å². The van der Waals surface area contributed by atoms with E-state index in [4.69, 9.17) is 4.74 Å². The summed E-state index contributed by atoms with van der Waals surface area (Å²) in [6, 6.07) is 8.35. The molecule has 2 amide bonds. The summed E-state index contributed by atoms with van der Waals surface area (Å²) in [5.41, 5.74) is 3.88. The third-order valence-electron chi connectivity index (χ3n) is 8.63. The third-order valence-corrected chi connectivity index (χ3v) is 9.47. The van der Waals surface area contributed by atoms with Crippen molar-refractivity contribution in [3.63, 3.8) is 0 Å². The number of carbonyl (C=O) groups is 2. The zero-order valence-corrected chi connectivity index (χ0v) is 27.5. The van der Waals surface area contributed by atoms with E-state index in [2.05, 4.69) is 25.2 Å². The Morgan fingerprint density at radius 3 is 2.49 bits per heavy atom. The zero-order chi connectivity index (χ0) is 33.6. The van der Waals surface area contributed by atoms with Crippen molar-refractivity contribution in [3.8, 4) is 17.1 Å². The van der Waals surface area contributed by atoms with Crippen LogP contribution in [0.1, 0.15) is 50.2 Å². The Hall–Kier alpha value is -4.53. The van der Waals surface area contributed by atoms with Crippen molar-refractivity contribution in [3.05, 3.63) is 74.7 Å². The summed E-state index contributed by atoms with van der Waals surface area (Å²) in [5.74, 6) is -0.192. The van der Waals surface area contributed by atoms with Crippen LogP contribution in [0, 0.1) is 13.8 Å². The van der Waals surface area contributed by atoms with E-state index in [-0.39, 0.29) is 48.1 Å². The maximum absolute atomic E-state index is 13.4. The zero-order valence-electron chi connectivity index (χ0n) is 26.7. The van der Waals surface area contributed by atoms with E-state index in [1.54, 1.807) is 24.3 Å². The number of likely N-dealkylation sites (tertiary alicyclic amines) is 1. The first kappa shape index (κ1) is 32.4. The second-order valence-electron chi connectivity index (χ2n) is 12.6. The summed E-state index contributed by atoms with van der Waals surface area (Å²) >= 11 is 0. The number of nitrogens with one attached hydrogen (secondary N) is 3. The summed E-state index contributed by atoms with van der Waals surface area (Å²) in [5, 5.41) is 13.9. The smallest absolute Gasteiger partial charge is 0.261 e. The van der Waals surface area contributed by atoms with Crippen LogP contribution in [0.3, 0.4) is 0 Å². The van der Waals surface area contributed by atoms with Crippen molar-refractivity contribution in [2.24, 2.45) is 0 Å². The Morgan fingerprint density at radius 2 is 1.79 bits per heavy atom. The molecule has 0 unspecified atom stereocenters. The Bertz CT molecular complexity index is 1990. The van der Waals surface area contributed by atoms with Gasteiger partial charge < -0.3 is 30.0 Å². The molecule has 0 bridgehead atoms. The van der Waals surface area contributed by atoms with Crippen molar-refractivity contribution < 1.29 is 27.9 Å². The van der Waals surface area contributed by atoms with Gasteiger partial charge in [0.2, 0.25) is 0 Å². The molecule has 2 aromatic carbocycles. The van der Waals surface area contributed by atoms with Crippen LogP contribution in [0.2, 0.25) is 0 Å². The third kappa shape index (κ3) is 6.66. The SMILES string of the molecule is Cc1cc(C)c(OC[C@H](O)CNc2cc[nH]c(=O)c2-c2nc3cc4c(cc3[nH]2)C(=O)N(C2CCN(C)CC2)C4=O)c(CS(C)(=O)=O)c1. The van der Waals surface area contributed by atoms with Crippen LogP contribution < -0.4 is 15.6 Å². The second kappa shape index (κ2) is 12.6. The first-order valence-corrected chi connectivity index (χ1v) is 17.5. The van der Waals surface area contributed by atoms with Crippen LogP contribution >= 0.6 is 0 Å². The molecule has 2 aromatic heterocycles. The van der Waals surface area contributed by atoms with Crippen LogP contribution in [0.15, 0.2) is 41.3 Å². The number of ether oxygens (including phenoxy) is 1. The monoisotopic (exact) mass is 662 g/mol. The van der Waals surface area contributed by atoms with E-state index >= 15 is 0 Å². The Morgan fingerprint density at radius 1 is 1.09 bits per heavy atom. The highest BCUT2D eigenvalue weighted by Crippen LogP contribution is 2.33. The van der Waals surface area contributed by atoms with E-state index in [1.807, 2.05) is 27.0 Å². The number of piperidine rings is 1. The number of imide groups is 1. The number of benzene rings is 2. The molecule has 2 aliphatic heterocycles.